The average Bonchev–Trinajstić information content (AvgIpc) is 2.81. The van der Waals surface area contributed by atoms with Crippen LogP contribution in [0.1, 0.15) is 0 Å². The fourth-order valence-electron chi connectivity index (χ4n) is 13.9. The van der Waals surface area contributed by atoms with Crippen molar-refractivity contribution in [3.05, 3.63) is 273 Å². The van der Waals surface area contributed by atoms with Crippen LogP contribution in [0.2, 0.25) is 0 Å². The van der Waals surface area contributed by atoms with Gasteiger partial charge in [-0.2, -0.15) is 0 Å². The molecule has 12 aromatic carbocycles. The number of rotatable bonds is 7. The highest BCUT2D eigenvalue weighted by Gasteiger charge is 2.24. The van der Waals surface area contributed by atoms with E-state index in [4.69, 9.17) is 24.4 Å². The van der Waals surface area contributed by atoms with Crippen LogP contribution in [0, 0.1) is 0 Å². The highest BCUT2D eigenvalue weighted by molar-refractivity contribution is 7.27. The Morgan fingerprint density at radius 3 is 1.70 bits per heavy atom. The molecule has 0 bridgehead atoms. The summed E-state index contributed by atoms with van der Waals surface area (Å²) in [7, 11) is 0. The van der Waals surface area contributed by atoms with Crippen LogP contribution in [0.4, 0.5) is 0 Å². The van der Waals surface area contributed by atoms with Gasteiger partial charge in [0.05, 0.1) is 55.4 Å². The molecule has 19 aromatic rings. The predicted octanol–water partition coefficient (Wildman–Crippen LogP) is 20.6. The molecule has 0 radical (unpaired) electrons. The molecule has 404 valence electrons. The molecule has 0 saturated heterocycles. The van der Waals surface area contributed by atoms with Crippen molar-refractivity contribution in [2.24, 2.45) is 0 Å². The molecule has 0 aliphatic heterocycles. The van der Waals surface area contributed by atoms with Crippen molar-refractivity contribution >= 4 is 130 Å². The van der Waals surface area contributed by atoms with E-state index in [1.165, 1.54) is 52.9 Å². The second-order valence-electron chi connectivity index (χ2n) is 22.5. The molecule has 0 atom stereocenters. The third-order valence-electron chi connectivity index (χ3n) is 17.7. The molecule has 19 rings (SSSR count). The Bertz CT molecular complexity index is 6050. The third kappa shape index (κ3) is 7.12. The number of hydrogen-bond acceptors (Lipinski definition) is 6. The molecule has 7 heterocycles. The lowest BCUT2D eigenvalue weighted by Gasteiger charge is -2.13. The fraction of sp³-hybridized carbons (Fsp3) is 0. The molecule has 0 saturated carbocycles. The Morgan fingerprint density at radius 1 is 0.322 bits per heavy atom. The van der Waals surface area contributed by atoms with Crippen molar-refractivity contribution in [1.29, 1.82) is 0 Å². The van der Waals surface area contributed by atoms with E-state index >= 15 is 0 Å². The first kappa shape index (κ1) is 47.9. The lowest BCUT2D eigenvalue weighted by atomic mass is 9.96. The molecule has 0 aliphatic carbocycles. The molecule has 7 aromatic heterocycles. The number of aromatic nitrogens is 7. The summed E-state index contributed by atoms with van der Waals surface area (Å²) in [6.45, 7) is 0. The molecule has 8 nitrogen and oxygen atoms in total. The number of para-hydroxylation sites is 5. The first-order valence-electron chi connectivity index (χ1n) is 29.3. The highest BCUT2D eigenvalue weighted by Crippen LogP contribution is 2.47. The van der Waals surface area contributed by atoms with Gasteiger partial charge in [0.1, 0.15) is 11.2 Å². The van der Waals surface area contributed by atoms with Gasteiger partial charge in [0.15, 0.2) is 0 Å². The Balaban J connectivity index is 0.716. The summed E-state index contributed by atoms with van der Waals surface area (Å²) in [4.78, 5) is 21.3. The summed E-state index contributed by atoms with van der Waals surface area (Å²) in [5.74, 6) is 1.23. The minimum Gasteiger partial charge on any atom is -0.455 e. The first-order valence-corrected chi connectivity index (χ1v) is 30.1. The van der Waals surface area contributed by atoms with E-state index in [-0.39, 0.29) is 0 Å². The molecule has 0 spiro atoms. The Morgan fingerprint density at radius 2 is 0.908 bits per heavy atom. The zero-order valence-electron chi connectivity index (χ0n) is 46.4. The molecule has 0 unspecified atom stereocenters. The van der Waals surface area contributed by atoms with Crippen molar-refractivity contribution in [2.45, 2.75) is 0 Å². The monoisotopic (exact) mass is 1130 g/mol. The highest BCUT2D eigenvalue weighted by atomic mass is 32.1. The predicted molar refractivity (Wildman–Crippen MR) is 360 cm³/mol. The second kappa shape index (κ2) is 18.5. The zero-order chi connectivity index (χ0) is 56.8. The van der Waals surface area contributed by atoms with Crippen molar-refractivity contribution in [3.63, 3.8) is 0 Å². The minimum absolute atomic E-state index is 0.604. The van der Waals surface area contributed by atoms with E-state index in [1.54, 1.807) is 0 Å². The number of benzene rings is 12. The van der Waals surface area contributed by atoms with Crippen LogP contribution >= 0.6 is 11.3 Å². The van der Waals surface area contributed by atoms with Gasteiger partial charge in [0.25, 0.3) is 0 Å². The van der Waals surface area contributed by atoms with Gasteiger partial charge in [-0.05, 0) is 107 Å². The maximum Gasteiger partial charge on any atom is 0.235 e. The summed E-state index contributed by atoms with van der Waals surface area (Å²) in [5.41, 5.74) is 18.5. The minimum atomic E-state index is 0.604. The van der Waals surface area contributed by atoms with E-state index in [0.29, 0.717) is 11.9 Å². The summed E-state index contributed by atoms with van der Waals surface area (Å²) < 4.78 is 15.9. The summed E-state index contributed by atoms with van der Waals surface area (Å²) >= 11 is 1.86. The van der Waals surface area contributed by atoms with Crippen molar-refractivity contribution in [3.8, 4) is 62.4 Å². The second-order valence-corrected chi connectivity index (χ2v) is 23.5. The van der Waals surface area contributed by atoms with Crippen molar-refractivity contribution < 1.29 is 4.42 Å². The number of fused-ring (bicyclic) bond motifs is 18. The van der Waals surface area contributed by atoms with Gasteiger partial charge in [0.2, 0.25) is 11.9 Å². The van der Waals surface area contributed by atoms with Gasteiger partial charge in [-0.3, -0.25) is 9.13 Å². The van der Waals surface area contributed by atoms with Gasteiger partial charge in [0, 0.05) is 86.3 Å². The van der Waals surface area contributed by atoms with Crippen molar-refractivity contribution in [2.75, 3.05) is 0 Å². The van der Waals surface area contributed by atoms with Gasteiger partial charge >= 0.3 is 0 Å². The normalized spacial score (nSPS) is 12.1. The third-order valence-corrected chi connectivity index (χ3v) is 19.0. The number of thiophene rings is 1. The van der Waals surface area contributed by atoms with E-state index in [0.717, 1.165) is 116 Å². The summed E-state index contributed by atoms with van der Waals surface area (Å²) in [6, 6.07) is 95.1. The van der Waals surface area contributed by atoms with Crippen LogP contribution in [0.25, 0.3) is 181 Å². The number of hydrogen-bond donors (Lipinski definition) is 0. The van der Waals surface area contributed by atoms with Crippen LogP contribution in [0.3, 0.4) is 0 Å². The SMILES string of the molecule is c1ccc(-c2nc(-n3c4ccccc4c4c5oc6ccccc6c5ccc43)nc3ccc(-c4cccc(-c5cccc6c5sc5c6ccc6c5c5ccccc5n6-c5nccc(-c6cccc(-n7c8ccccc8c8ccccc87)c6)n5)c4)cc23)cc1. The zero-order valence-corrected chi connectivity index (χ0v) is 47.2. The molecule has 9 heteroatoms. The largest absolute Gasteiger partial charge is 0.455 e. The first-order chi connectivity index (χ1) is 43.1. The van der Waals surface area contributed by atoms with Crippen LogP contribution in [0.15, 0.2) is 278 Å². The maximum atomic E-state index is 6.64. The Kier molecular flexibility index (Phi) is 10.2. The molecule has 0 N–H and O–H groups in total. The lowest BCUT2D eigenvalue weighted by Crippen LogP contribution is -2.03. The molecular weight excluding hydrogens is 1080 g/mol. The lowest BCUT2D eigenvalue weighted by molar-refractivity contribution is 0.673. The maximum absolute atomic E-state index is 6.64. The van der Waals surface area contributed by atoms with E-state index in [2.05, 4.69) is 262 Å². The molecule has 0 fully saturated rings. The number of furan rings is 1. The van der Waals surface area contributed by atoms with E-state index in [9.17, 15) is 0 Å². The quantitative estimate of drug-likeness (QED) is 0.159. The van der Waals surface area contributed by atoms with Crippen LogP contribution < -0.4 is 0 Å². The van der Waals surface area contributed by atoms with E-state index < -0.39 is 0 Å². The average molecular weight is 1130 g/mol. The van der Waals surface area contributed by atoms with Gasteiger partial charge < -0.3 is 8.98 Å². The van der Waals surface area contributed by atoms with Crippen molar-refractivity contribution in [1.82, 2.24) is 33.6 Å². The van der Waals surface area contributed by atoms with Crippen LogP contribution in [-0.2, 0) is 0 Å². The summed E-state index contributed by atoms with van der Waals surface area (Å²) in [6.07, 6.45) is 1.89. The fourth-order valence-corrected chi connectivity index (χ4v) is 15.3. The van der Waals surface area contributed by atoms with Crippen LogP contribution in [-0.4, -0.2) is 33.6 Å². The van der Waals surface area contributed by atoms with Gasteiger partial charge in [-0.1, -0.05) is 182 Å². The van der Waals surface area contributed by atoms with Crippen LogP contribution in [0.5, 0.6) is 0 Å². The molecule has 0 amide bonds. The smallest absolute Gasteiger partial charge is 0.235 e. The van der Waals surface area contributed by atoms with Gasteiger partial charge in [-0.25, -0.2) is 19.9 Å². The summed E-state index contributed by atoms with van der Waals surface area (Å²) in [5, 5.41) is 12.6. The van der Waals surface area contributed by atoms with E-state index in [1.807, 2.05) is 35.7 Å². The topological polar surface area (TPSA) is 79.5 Å². The standard InChI is InChI=1S/C78H45N7OS/c1-2-17-46(18-3-1)73-61-45-48(35-38-63(61)81-78(82-73)85-66-32-11-6-26-59(66)71-68(85)39-36-56-55-25-8-13-34-70(55)86-74(56)71)47-19-14-20-49(43-47)52-28-16-29-57-58-37-40-69-72(76(58)87-75(52)57)60-27-7-12-33-67(60)84(69)77-79-42-41-62(80-77)50-21-15-22-51(44-50)83-64-30-9-4-23-53(64)54-24-5-10-31-65(54)83/h1-45H. The number of nitrogens with zero attached hydrogens (tertiary/aromatic N) is 7. The Labute approximate surface area is 500 Å². The Hall–Kier alpha value is -11.5. The van der Waals surface area contributed by atoms with Gasteiger partial charge in [-0.15, -0.1) is 11.3 Å². The molecule has 0 aliphatic rings. The molecule has 87 heavy (non-hydrogen) atoms. The molecular formula is C78H45N7OS.